The Balaban J connectivity index is 2.25. The summed E-state index contributed by atoms with van der Waals surface area (Å²) in [5.74, 6) is -0.367. The number of carbonyl (C=O) groups excluding carboxylic acids is 1. The second-order valence-corrected chi connectivity index (χ2v) is 6.31. The molecule has 2 aromatic rings. The van der Waals surface area contributed by atoms with Crippen molar-refractivity contribution in [2.75, 3.05) is 18.6 Å². The van der Waals surface area contributed by atoms with Gasteiger partial charge in [0.1, 0.15) is 5.52 Å². The number of nitrogen functional groups attached to an aromatic ring is 1. The maximum Gasteiger partial charge on any atom is 0.357 e. The van der Waals surface area contributed by atoms with E-state index in [0.717, 1.165) is 53.0 Å². The van der Waals surface area contributed by atoms with Crippen molar-refractivity contribution < 1.29 is 9.53 Å². The molecule has 0 aliphatic heterocycles. The van der Waals surface area contributed by atoms with Gasteiger partial charge in [-0.05, 0) is 44.4 Å². The van der Waals surface area contributed by atoms with Crippen molar-refractivity contribution in [3.63, 3.8) is 0 Å². The molecule has 1 aliphatic carbocycles. The zero-order valence-corrected chi connectivity index (χ0v) is 13.8. The van der Waals surface area contributed by atoms with Crippen LogP contribution in [0, 0.1) is 0 Å². The van der Waals surface area contributed by atoms with Crippen molar-refractivity contribution in [3.05, 3.63) is 17.0 Å². The molecule has 3 rings (SSSR count). The molecule has 0 aromatic carbocycles. The van der Waals surface area contributed by atoms with Gasteiger partial charge in [-0.3, -0.25) is 0 Å². The van der Waals surface area contributed by atoms with E-state index >= 15 is 0 Å². The topological polar surface area (TPSA) is 81.0 Å². The summed E-state index contributed by atoms with van der Waals surface area (Å²) in [7, 11) is 0. The number of ether oxygens (including phenoxy) is 1. The SMILES string of the molecule is CCOC(=O)c1[nH]c(SC)c2c(N)c3c(nc12)CCCCC3. The summed E-state index contributed by atoms with van der Waals surface area (Å²) in [6.45, 7) is 2.14. The number of anilines is 1. The lowest BCUT2D eigenvalue weighted by molar-refractivity contribution is 0.0522. The van der Waals surface area contributed by atoms with Gasteiger partial charge < -0.3 is 15.5 Å². The van der Waals surface area contributed by atoms with Crippen LogP contribution in [0.3, 0.4) is 0 Å². The van der Waals surface area contributed by atoms with Crippen LogP contribution < -0.4 is 5.73 Å². The van der Waals surface area contributed by atoms with Crippen LogP contribution in [0.4, 0.5) is 5.69 Å². The average Bonchev–Trinajstić information content (AvgIpc) is 2.71. The van der Waals surface area contributed by atoms with E-state index in [-0.39, 0.29) is 5.97 Å². The number of rotatable bonds is 3. The number of aromatic nitrogens is 2. The van der Waals surface area contributed by atoms with Gasteiger partial charge in [0, 0.05) is 11.4 Å². The molecule has 2 aromatic heterocycles. The molecule has 0 amide bonds. The van der Waals surface area contributed by atoms with Gasteiger partial charge in [-0.15, -0.1) is 11.8 Å². The van der Waals surface area contributed by atoms with Crippen molar-refractivity contribution in [1.29, 1.82) is 0 Å². The highest BCUT2D eigenvalue weighted by atomic mass is 32.2. The number of thioether (sulfide) groups is 1. The van der Waals surface area contributed by atoms with Gasteiger partial charge >= 0.3 is 5.97 Å². The molecule has 0 saturated carbocycles. The monoisotopic (exact) mass is 319 g/mol. The first-order valence-corrected chi connectivity index (χ1v) is 8.93. The lowest BCUT2D eigenvalue weighted by Gasteiger charge is -2.10. The second kappa shape index (κ2) is 6.20. The maximum atomic E-state index is 12.2. The Morgan fingerprint density at radius 2 is 2.14 bits per heavy atom. The van der Waals surface area contributed by atoms with E-state index in [1.54, 1.807) is 18.7 Å². The summed E-state index contributed by atoms with van der Waals surface area (Å²) in [5.41, 5.74) is 10.5. The molecule has 2 heterocycles. The van der Waals surface area contributed by atoms with Crippen molar-refractivity contribution in [2.24, 2.45) is 0 Å². The third kappa shape index (κ3) is 2.45. The van der Waals surface area contributed by atoms with Gasteiger partial charge in [0.15, 0.2) is 5.69 Å². The van der Waals surface area contributed by atoms with Crippen molar-refractivity contribution in [3.8, 4) is 0 Å². The molecule has 0 fully saturated rings. The Hall–Kier alpha value is -1.69. The minimum Gasteiger partial charge on any atom is -0.461 e. The van der Waals surface area contributed by atoms with Gasteiger partial charge in [0.05, 0.1) is 17.0 Å². The molecule has 0 bridgehead atoms. The number of hydrogen-bond acceptors (Lipinski definition) is 5. The van der Waals surface area contributed by atoms with Crippen molar-refractivity contribution in [2.45, 2.75) is 44.1 Å². The zero-order chi connectivity index (χ0) is 15.7. The Morgan fingerprint density at radius 3 is 2.86 bits per heavy atom. The van der Waals surface area contributed by atoms with E-state index in [1.807, 2.05) is 6.26 Å². The zero-order valence-electron chi connectivity index (χ0n) is 13.0. The molecular weight excluding hydrogens is 298 g/mol. The number of H-pyrrole nitrogens is 1. The molecule has 6 heteroatoms. The smallest absolute Gasteiger partial charge is 0.357 e. The first kappa shape index (κ1) is 15.2. The Kier molecular flexibility index (Phi) is 4.29. The first-order valence-electron chi connectivity index (χ1n) is 7.71. The van der Waals surface area contributed by atoms with Gasteiger partial charge in [-0.1, -0.05) is 6.42 Å². The van der Waals surface area contributed by atoms with Crippen LogP contribution >= 0.6 is 11.8 Å². The van der Waals surface area contributed by atoms with Crippen molar-refractivity contribution in [1.82, 2.24) is 9.97 Å². The number of pyridine rings is 1. The number of aromatic amines is 1. The van der Waals surface area contributed by atoms with Crippen LogP contribution in [-0.4, -0.2) is 28.8 Å². The van der Waals surface area contributed by atoms with Crippen LogP contribution in [0.5, 0.6) is 0 Å². The molecule has 0 radical (unpaired) electrons. The van der Waals surface area contributed by atoms with E-state index in [1.165, 1.54) is 6.42 Å². The highest BCUT2D eigenvalue weighted by Crippen LogP contribution is 2.37. The molecule has 22 heavy (non-hydrogen) atoms. The molecule has 0 saturated heterocycles. The number of esters is 1. The number of nitrogens with one attached hydrogen (secondary N) is 1. The van der Waals surface area contributed by atoms with Gasteiger partial charge in [0.25, 0.3) is 0 Å². The maximum absolute atomic E-state index is 12.2. The minimum atomic E-state index is -0.367. The fourth-order valence-electron chi connectivity index (χ4n) is 3.10. The highest BCUT2D eigenvalue weighted by molar-refractivity contribution is 7.98. The highest BCUT2D eigenvalue weighted by Gasteiger charge is 2.24. The molecular formula is C16H21N3O2S. The fourth-order valence-corrected chi connectivity index (χ4v) is 3.71. The van der Waals surface area contributed by atoms with Crippen LogP contribution in [-0.2, 0) is 17.6 Å². The summed E-state index contributed by atoms with van der Waals surface area (Å²) < 4.78 is 5.14. The van der Waals surface area contributed by atoms with Crippen LogP contribution in [0.1, 0.15) is 47.9 Å². The summed E-state index contributed by atoms with van der Waals surface area (Å²) in [5, 5.41) is 1.76. The Morgan fingerprint density at radius 1 is 1.36 bits per heavy atom. The normalized spacial score (nSPS) is 14.6. The lowest BCUT2D eigenvalue weighted by Crippen LogP contribution is -2.07. The number of fused-ring (bicyclic) bond motifs is 2. The Labute approximate surface area is 134 Å². The number of hydrogen-bond donors (Lipinski definition) is 2. The predicted molar refractivity (Wildman–Crippen MR) is 89.5 cm³/mol. The summed E-state index contributed by atoms with van der Waals surface area (Å²) in [4.78, 5) is 20.1. The summed E-state index contributed by atoms with van der Waals surface area (Å²) in [6.07, 6.45) is 7.33. The summed E-state index contributed by atoms with van der Waals surface area (Å²) >= 11 is 1.54. The third-order valence-electron chi connectivity index (χ3n) is 4.15. The molecule has 0 unspecified atom stereocenters. The van der Waals surface area contributed by atoms with Crippen LogP contribution in [0.2, 0.25) is 0 Å². The second-order valence-electron chi connectivity index (χ2n) is 5.49. The van der Waals surface area contributed by atoms with Crippen LogP contribution in [0.25, 0.3) is 10.9 Å². The molecule has 3 N–H and O–H groups in total. The quantitative estimate of drug-likeness (QED) is 0.515. The predicted octanol–water partition coefficient (Wildman–Crippen LogP) is 3.31. The van der Waals surface area contributed by atoms with Gasteiger partial charge in [-0.2, -0.15) is 0 Å². The molecule has 5 nitrogen and oxygen atoms in total. The summed E-state index contributed by atoms with van der Waals surface area (Å²) in [6, 6.07) is 0. The number of carbonyl (C=O) groups is 1. The molecule has 118 valence electrons. The van der Waals surface area contributed by atoms with E-state index in [0.29, 0.717) is 17.8 Å². The van der Waals surface area contributed by atoms with Crippen LogP contribution in [0.15, 0.2) is 5.03 Å². The number of aryl methyl sites for hydroxylation is 1. The minimum absolute atomic E-state index is 0.342. The lowest BCUT2D eigenvalue weighted by atomic mass is 10.0. The fraction of sp³-hybridized carbons (Fsp3) is 0.500. The average molecular weight is 319 g/mol. The third-order valence-corrected chi connectivity index (χ3v) is 4.87. The van der Waals surface area contributed by atoms with E-state index in [2.05, 4.69) is 4.98 Å². The van der Waals surface area contributed by atoms with E-state index in [4.69, 9.17) is 15.5 Å². The number of nitrogens with two attached hydrogens (primary N) is 1. The Bertz CT molecular complexity index is 724. The molecule has 0 atom stereocenters. The largest absolute Gasteiger partial charge is 0.461 e. The van der Waals surface area contributed by atoms with E-state index < -0.39 is 0 Å². The molecule has 0 spiro atoms. The van der Waals surface area contributed by atoms with Gasteiger partial charge in [0.2, 0.25) is 0 Å². The van der Waals surface area contributed by atoms with Crippen molar-refractivity contribution >= 4 is 34.3 Å². The van der Waals surface area contributed by atoms with Gasteiger partial charge in [-0.25, -0.2) is 9.78 Å². The standard InChI is InChI=1S/C16H21N3O2S/c1-3-21-16(20)14-13-11(15(19-14)22-2)12(17)9-7-5-4-6-8-10(9)18-13/h19H,3-8,17H2,1-2H3. The molecule has 1 aliphatic rings. The number of nitrogens with zero attached hydrogens (tertiary/aromatic N) is 1. The first-order chi connectivity index (χ1) is 10.7. The van der Waals surface area contributed by atoms with E-state index in [9.17, 15) is 4.79 Å².